The van der Waals surface area contributed by atoms with E-state index in [0.717, 1.165) is 59.8 Å². The lowest BCUT2D eigenvalue weighted by Crippen LogP contribution is -2.09. The van der Waals surface area contributed by atoms with E-state index in [1.54, 1.807) is 30.3 Å². The number of benzene rings is 10. The summed E-state index contributed by atoms with van der Waals surface area (Å²) in [7, 11) is 0. The van der Waals surface area contributed by atoms with E-state index in [0.29, 0.717) is 11.1 Å². The number of hydrogen-bond donors (Lipinski definition) is 0. The summed E-state index contributed by atoms with van der Waals surface area (Å²) in [5, 5.41) is 7.57. The molecule has 0 unspecified atom stereocenters. The maximum absolute atomic E-state index is 9.59. The second-order valence-electron chi connectivity index (χ2n) is 13.5. The standard InChI is InChI=1S/C54H35NO/c1-2-9-36(10-3-1)37-19-27-44(28-20-37)55(45-29-21-38(22-30-45)42-26-33-48-43(35-42)18-17-39-11-4-6-13-47(39)48)46-31-23-41(24-32-46)49-15-8-16-52-53(49)51-34-25-40-12-5-7-14-50(40)54(51)56-52/h1-35H/i1D,2D,3D,9D,10D,19D,20D,21D,22D,27D,28D,29D,30D. The van der Waals surface area contributed by atoms with Crippen molar-refractivity contribution in [1.29, 1.82) is 0 Å². The third-order valence-corrected chi connectivity index (χ3v) is 10.3. The summed E-state index contributed by atoms with van der Waals surface area (Å²) in [4.78, 5) is 1.17. The highest BCUT2D eigenvalue weighted by molar-refractivity contribution is 6.19. The van der Waals surface area contributed by atoms with Crippen LogP contribution in [-0.4, -0.2) is 0 Å². The van der Waals surface area contributed by atoms with E-state index in [9.17, 15) is 11.0 Å². The van der Waals surface area contributed by atoms with Gasteiger partial charge in [-0.15, -0.1) is 0 Å². The van der Waals surface area contributed by atoms with Gasteiger partial charge < -0.3 is 9.32 Å². The van der Waals surface area contributed by atoms with Crippen LogP contribution in [0.25, 0.3) is 87.6 Å². The van der Waals surface area contributed by atoms with Crippen LogP contribution in [0.2, 0.25) is 0 Å². The van der Waals surface area contributed by atoms with Gasteiger partial charge in [0, 0.05) is 33.2 Å². The molecule has 1 aromatic heterocycles. The minimum Gasteiger partial charge on any atom is -0.455 e. The summed E-state index contributed by atoms with van der Waals surface area (Å²) in [6.45, 7) is 0. The minimum atomic E-state index is -0.743. The lowest BCUT2D eigenvalue weighted by molar-refractivity contribution is 0.673. The Kier molecular flexibility index (Phi) is 5.04. The third-order valence-electron chi connectivity index (χ3n) is 10.3. The van der Waals surface area contributed by atoms with Crippen molar-refractivity contribution in [1.82, 2.24) is 0 Å². The predicted molar refractivity (Wildman–Crippen MR) is 237 cm³/mol. The molecule has 11 aromatic rings. The Morgan fingerprint density at radius 1 is 0.375 bits per heavy atom. The number of hydrogen-bond acceptors (Lipinski definition) is 2. The number of anilines is 3. The van der Waals surface area contributed by atoms with Crippen LogP contribution in [0.5, 0.6) is 0 Å². The molecule has 0 amide bonds. The molecule has 10 aromatic carbocycles. The number of rotatable bonds is 6. The zero-order valence-electron chi connectivity index (χ0n) is 42.6. The van der Waals surface area contributed by atoms with Crippen molar-refractivity contribution in [3.63, 3.8) is 0 Å². The molecule has 56 heavy (non-hydrogen) atoms. The number of fused-ring (bicyclic) bond motifs is 8. The van der Waals surface area contributed by atoms with Gasteiger partial charge in [0.25, 0.3) is 0 Å². The molecule has 0 fully saturated rings. The summed E-state index contributed by atoms with van der Waals surface area (Å²) < 4.78 is 124. The first-order valence-electron chi connectivity index (χ1n) is 24.6. The maximum Gasteiger partial charge on any atom is 0.143 e. The second-order valence-corrected chi connectivity index (χ2v) is 13.5. The van der Waals surface area contributed by atoms with Crippen molar-refractivity contribution in [3.05, 3.63) is 212 Å². The highest BCUT2D eigenvalue weighted by Crippen LogP contribution is 2.42. The Morgan fingerprint density at radius 2 is 0.946 bits per heavy atom. The lowest BCUT2D eigenvalue weighted by Gasteiger charge is -2.26. The smallest absolute Gasteiger partial charge is 0.143 e. The SMILES string of the molecule is [2H]c1c([2H])c([2H])c(-c2c([2H])c([2H])c(N(c3ccc(-c4cccc5oc6c7ccccc7ccc6c45)cc3)c3c([2H])c([2H])c(-c4ccc5c(ccc6ccccc65)c4)c([2H])c3[2H])c([2H])c2[2H])c([2H])c1[2H]. The van der Waals surface area contributed by atoms with Crippen LogP contribution in [-0.2, 0) is 0 Å². The Bertz CT molecular complexity index is 3930. The highest BCUT2D eigenvalue weighted by atomic mass is 16.3. The summed E-state index contributed by atoms with van der Waals surface area (Å²) >= 11 is 0. The molecule has 0 bridgehead atoms. The summed E-state index contributed by atoms with van der Waals surface area (Å²) in [6, 6.07) is 33.5. The van der Waals surface area contributed by atoms with Gasteiger partial charge in [-0.25, -0.2) is 0 Å². The molecular weight excluding hydrogens is 679 g/mol. The van der Waals surface area contributed by atoms with Crippen LogP contribution in [0, 0.1) is 0 Å². The monoisotopic (exact) mass is 726 g/mol. The van der Waals surface area contributed by atoms with E-state index in [-0.39, 0.29) is 16.9 Å². The normalized spacial score (nSPS) is 14.8. The average Bonchev–Trinajstić information content (AvgIpc) is 3.77. The predicted octanol–water partition coefficient (Wildman–Crippen LogP) is 15.5. The largest absolute Gasteiger partial charge is 0.455 e. The molecule has 1 heterocycles. The van der Waals surface area contributed by atoms with Gasteiger partial charge >= 0.3 is 0 Å². The van der Waals surface area contributed by atoms with Gasteiger partial charge in [-0.05, 0) is 115 Å². The summed E-state index contributed by atoms with van der Waals surface area (Å²) in [6.07, 6.45) is 0. The van der Waals surface area contributed by atoms with Gasteiger partial charge in [0.05, 0.1) is 17.8 Å². The van der Waals surface area contributed by atoms with Crippen molar-refractivity contribution < 1.29 is 22.2 Å². The molecule has 0 aliphatic carbocycles. The first kappa shape index (κ1) is 21.5. The van der Waals surface area contributed by atoms with E-state index in [1.807, 2.05) is 103 Å². The minimum absolute atomic E-state index is 0.0170. The van der Waals surface area contributed by atoms with Crippen molar-refractivity contribution in [2.45, 2.75) is 0 Å². The summed E-state index contributed by atoms with van der Waals surface area (Å²) in [5.74, 6) is 0. The molecule has 0 atom stereocenters. The van der Waals surface area contributed by atoms with Crippen LogP contribution in [0.1, 0.15) is 17.8 Å². The molecule has 0 aliphatic heterocycles. The van der Waals surface area contributed by atoms with Crippen LogP contribution in [0.15, 0.2) is 216 Å². The van der Waals surface area contributed by atoms with Crippen molar-refractivity contribution in [2.24, 2.45) is 0 Å². The van der Waals surface area contributed by atoms with E-state index >= 15 is 0 Å². The summed E-state index contributed by atoms with van der Waals surface area (Å²) in [5.41, 5.74) is 1.69. The third kappa shape index (κ3) is 5.42. The van der Waals surface area contributed by atoms with Crippen LogP contribution in [0.4, 0.5) is 17.1 Å². The van der Waals surface area contributed by atoms with E-state index in [1.165, 1.54) is 4.90 Å². The highest BCUT2D eigenvalue weighted by Gasteiger charge is 2.17. The van der Waals surface area contributed by atoms with Crippen molar-refractivity contribution in [2.75, 3.05) is 4.90 Å². The first-order chi connectivity index (χ1) is 33.2. The molecule has 0 saturated heterocycles. The van der Waals surface area contributed by atoms with Gasteiger partial charge in [0.15, 0.2) is 0 Å². The van der Waals surface area contributed by atoms with E-state index in [2.05, 4.69) is 0 Å². The topological polar surface area (TPSA) is 16.4 Å². The van der Waals surface area contributed by atoms with E-state index < -0.39 is 95.4 Å². The fourth-order valence-corrected chi connectivity index (χ4v) is 7.60. The molecule has 0 aliphatic rings. The first-order valence-corrected chi connectivity index (χ1v) is 18.1. The molecule has 0 spiro atoms. The zero-order valence-corrected chi connectivity index (χ0v) is 29.6. The quantitative estimate of drug-likeness (QED) is 0.159. The zero-order chi connectivity index (χ0) is 48.3. The Hall–Kier alpha value is -7.42. The molecule has 0 N–H and O–H groups in total. The Labute approximate surface area is 343 Å². The van der Waals surface area contributed by atoms with Crippen molar-refractivity contribution in [3.8, 4) is 33.4 Å². The van der Waals surface area contributed by atoms with Crippen LogP contribution >= 0.6 is 0 Å². The number of furan rings is 1. The van der Waals surface area contributed by atoms with Gasteiger partial charge in [0.2, 0.25) is 0 Å². The Morgan fingerprint density at radius 3 is 1.70 bits per heavy atom. The van der Waals surface area contributed by atoms with Gasteiger partial charge in [-0.2, -0.15) is 0 Å². The molecule has 0 radical (unpaired) electrons. The van der Waals surface area contributed by atoms with Crippen LogP contribution < -0.4 is 4.90 Å². The molecule has 262 valence electrons. The average molecular weight is 727 g/mol. The molecule has 2 heteroatoms. The number of nitrogens with zero attached hydrogens (tertiary/aromatic N) is 1. The van der Waals surface area contributed by atoms with E-state index in [4.69, 9.17) is 11.3 Å². The molecule has 0 saturated carbocycles. The molecular formula is C54H35NO. The fraction of sp³-hybridized carbons (Fsp3) is 0. The second kappa shape index (κ2) is 13.2. The van der Waals surface area contributed by atoms with Gasteiger partial charge in [-0.3, -0.25) is 0 Å². The van der Waals surface area contributed by atoms with Crippen molar-refractivity contribution >= 4 is 71.3 Å². The maximum atomic E-state index is 9.59. The van der Waals surface area contributed by atoms with Gasteiger partial charge in [-0.1, -0.05) is 158 Å². The Balaban J connectivity index is 1.13. The lowest BCUT2D eigenvalue weighted by atomic mass is 9.97. The molecule has 11 rings (SSSR count). The molecule has 2 nitrogen and oxygen atoms in total. The van der Waals surface area contributed by atoms with Gasteiger partial charge in [0.1, 0.15) is 11.2 Å². The van der Waals surface area contributed by atoms with Crippen LogP contribution in [0.3, 0.4) is 0 Å². The fourth-order valence-electron chi connectivity index (χ4n) is 7.60.